The van der Waals surface area contributed by atoms with Gasteiger partial charge in [-0.25, -0.2) is 4.98 Å². The van der Waals surface area contributed by atoms with Crippen molar-refractivity contribution < 1.29 is 20.1 Å². The number of hydrogen-bond acceptors (Lipinski definition) is 5. The van der Waals surface area contributed by atoms with Gasteiger partial charge in [0.1, 0.15) is 5.82 Å². The number of fused-ring (bicyclic) bond motifs is 4. The van der Waals surface area contributed by atoms with Crippen molar-refractivity contribution in [2.24, 2.45) is 0 Å². The summed E-state index contributed by atoms with van der Waals surface area (Å²) < 4.78 is 2.24. The zero-order valence-corrected chi connectivity index (χ0v) is 80.9. The number of unbranched alkanes of at least 4 members (excludes halogenated alkanes) is 6. The summed E-state index contributed by atoms with van der Waals surface area (Å²) in [6.07, 6.45) is 16.8. The Labute approximate surface area is 827 Å². The van der Waals surface area contributed by atoms with Crippen LogP contribution in [0.4, 0.5) is 51.2 Å². The monoisotopic (exact) mass is 1960 g/mol. The third kappa shape index (κ3) is 20.6. The molecule has 0 aliphatic heterocycles. The summed E-state index contributed by atoms with van der Waals surface area (Å²) in [6.45, 7) is 6.57. The fourth-order valence-electron chi connectivity index (χ4n) is 19.5. The smallest absolute Gasteiger partial charge is 0.111 e. The standard InChI is InChI=1S/C70H63N3.C46H32N2.C15H16N.Ir/c1-2-3-4-5-6-10-18-53-27-41-65(42-28-53)72(64-24-15-9-16-25-64)67-45-35-55(36-46-67)57-39-49-69(50-40-57)73(70-26-17-19-59(52-70)61-32-30-58-29-31-60(58)51-61)68-47-37-56(38-48-68)54-33-43-66(44-34-54)71(62-20-11-7-12-21-62)63-22-13-8-14-23-63;1-31-47-43-21-11-12-22-44(43)48(31)36-29-27-35(28-30-36)45-39-17-7-9-19-41(39)46(42-20-10-8-18-40(42)45)38-16-6-5-15-37(38)34-25-23-33(24-26-34)32-13-3-2-4-14-32;1-2-3-6-13-8-10-14(11-9-13)15-7-4-5-12-16-15;/h7-9,11-17,19-28,30,32-52H,2-6,10,18,29,31H2,1H3;2-30H,1H3;4-5,7-10,12H,2-3,6H2,1H3;/q;;-1;. The van der Waals surface area contributed by atoms with E-state index in [1.165, 1.54) is 185 Å². The van der Waals surface area contributed by atoms with E-state index in [1.54, 1.807) is 0 Å². The molecular weight excluding hydrogens is 1850 g/mol. The average molecular weight is 1960 g/mol. The summed E-state index contributed by atoms with van der Waals surface area (Å²) in [6, 6.07) is 172. The van der Waals surface area contributed by atoms with Crippen molar-refractivity contribution in [2.75, 3.05) is 14.7 Å². The molecule has 0 amide bonds. The quantitative estimate of drug-likeness (QED) is 0.0278. The summed E-state index contributed by atoms with van der Waals surface area (Å²) in [7, 11) is 0. The van der Waals surface area contributed by atoms with E-state index in [9.17, 15) is 0 Å². The topological polar surface area (TPSA) is 40.4 Å². The number of hydrogen-bond donors (Lipinski definition) is 0. The summed E-state index contributed by atoms with van der Waals surface area (Å²) in [4.78, 5) is 16.2. The van der Waals surface area contributed by atoms with Gasteiger partial charge >= 0.3 is 0 Å². The largest absolute Gasteiger partial charge is 0.311 e. The molecular formula is C131H111IrN6-. The molecule has 2 aromatic heterocycles. The van der Waals surface area contributed by atoms with Gasteiger partial charge in [-0.05, 0) is 294 Å². The predicted octanol–water partition coefficient (Wildman–Crippen LogP) is 36.3. The van der Waals surface area contributed by atoms with Crippen LogP contribution in [-0.4, -0.2) is 14.5 Å². The molecule has 22 rings (SSSR count). The van der Waals surface area contributed by atoms with Crippen molar-refractivity contribution in [3.63, 3.8) is 0 Å². The van der Waals surface area contributed by atoms with Gasteiger partial charge in [-0.2, -0.15) is 0 Å². The number of pyridine rings is 1. The molecule has 138 heavy (non-hydrogen) atoms. The van der Waals surface area contributed by atoms with Crippen molar-refractivity contribution in [1.29, 1.82) is 0 Å². The minimum absolute atomic E-state index is 0. The molecule has 0 atom stereocenters. The third-order valence-corrected chi connectivity index (χ3v) is 26.7. The van der Waals surface area contributed by atoms with Gasteiger partial charge in [-0.15, -0.1) is 35.4 Å². The van der Waals surface area contributed by atoms with Gasteiger partial charge in [-0.3, -0.25) is 4.57 Å². The van der Waals surface area contributed by atoms with Crippen LogP contribution in [0.3, 0.4) is 0 Å². The van der Waals surface area contributed by atoms with Crippen LogP contribution in [0.5, 0.6) is 0 Å². The molecule has 7 heteroatoms. The van der Waals surface area contributed by atoms with Gasteiger partial charge in [0.25, 0.3) is 0 Å². The second kappa shape index (κ2) is 43.8. The molecule has 0 bridgehead atoms. The molecule has 0 saturated heterocycles. The van der Waals surface area contributed by atoms with Crippen molar-refractivity contribution in [2.45, 2.75) is 97.8 Å². The molecule has 6 nitrogen and oxygen atoms in total. The summed E-state index contributed by atoms with van der Waals surface area (Å²) in [5, 5.41) is 5.00. The van der Waals surface area contributed by atoms with Crippen LogP contribution in [0, 0.1) is 13.0 Å². The number of imidazole rings is 1. The first-order valence-electron chi connectivity index (χ1n) is 48.7. The van der Waals surface area contributed by atoms with Crippen LogP contribution in [-0.2, 0) is 45.8 Å². The molecule has 2 heterocycles. The minimum atomic E-state index is 0. The number of benzene rings is 19. The van der Waals surface area contributed by atoms with E-state index in [4.69, 9.17) is 4.98 Å². The third-order valence-electron chi connectivity index (χ3n) is 26.7. The number of para-hydroxylation sites is 5. The SMILES string of the molecule is CCCCCCCCc1ccc(N(c2ccccc2)c2ccc(-c3ccc(N(c4ccc(-c5ccc(N(c6ccccc6)c6ccccc6)cc5)cc4)c4cccc(-c5ccc6c(c5)CC6)c4)cc3)cc2)cc1.CCCCc1c[c-]c(-c2ccccn2)cc1.Cc1nc2ccccc2n1-c1ccc(-c2c3ccccc3c(-c3ccccc3-c3ccc(-c4ccccc4)cc3)c3ccccc23)cc1.[Ir]. The summed E-state index contributed by atoms with van der Waals surface area (Å²) >= 11 is 0. The Hall–Kier alpha value is -15.6. The fraction of sp³-hybridized carbons (Fsp3) is 0.115. The van der Waals surface area contributed by atoms with Gasteiger partial charge in [-0.1, -0.05) is 375 Å². The molecule has 19 aromatic carbocycles. The van der Waals surface area contributed by atoms with E-state index >= 15 is 0 Å². The summed E-state index contributed by atoms with van der Waals surface area (Å²) in [5.74, 6) is 0.984. The van der Waals surface area contributed by atoms with E-state index in [0.29, 0.717) is 0 Å². The molecule has 675 valence electrons. The maximum absolute atomic E-state index is 4.80. The van der Waals surface area contributed by atoms with Crippen LogP contribution < -0.4 is 14.7 Å². The average Bonchev–Trinajstić information content (AvgIpc) is 0.739. The van der Waals surface area contributed by atoms with E-state index in [2.05, 4.69) is 494 Å². The van der Waals surface area contributed by atoms with Gasteiger partial charge in [0, 0.05) is 83.2 Å². The van der Waals surface area contributed by atoms with E-state index < -0.39 is 0 Å². The number of rotatable bonds is 28. The first kappa shape index (κ1) is 91.5. The van der Waals surface area contributed by atoms with Crippen LogP contribution in [0.1, 0.15) is 93.3 Å². The van der Waals surface area contributed by atoms with Crippen molar-refractivity contribution in [3.8, 4) is 94.8 Å². The molecule has 0 spiro atoms. The van der Waals surface area contributed by atoms with E-state index in [0.717, 1.165) is 98.6 Å². The Morgan fingerprint density at radius 2 is 0.674 bits per heavy atom. The fourth-order valence-corrected chi connectivity index (χ4v) is 19.5. The Morgan fingerprint density at radius 1 is 0.283 bits per heavy atom. The first-order chi connectivity index (χ1) is 67.8. The zero-order chi connectivity index (χ0) is 92.4. The van der Waals surface area contributed by atoms with E-state index in [-0.39, 0.29) is 20.1 Å². The second-order valence-corrected chi connectivity index (χ2v) is 35.7. The Balaban J connectivity index is 0.000000159. The maximum atomic E-state index is 4.80. The molecule has 0 saturated carbocycles. The summed E-state index contributed by atoms with van der Waals surface area (Å²) in [5.41, 5.74) is 38.2. The van der Waals surface area contributed by atoms with Crippen LogP contribution in [0.15, 0.2) is 473 Å². The molecule has 0 fully saturated rings. The zero-order valence-electron chi connectivity index (χ0n) is 78.5. The Bertz CT molecular complexity index is 7490. The molecule has 0 unspecified atom stereocenters. The number of aryl methyl sites for hydroxylation is 5. The van der Waals surface area contributed by atoms with Gasteiger partial charge in [0.15, 0.2) is 0 Å². The molecule has 0 N–H and O–H groups in total. The van der Waals surface area contributed by atoms with Crippen molar-refractivity contribution >= 4 is 83.8 Å². The number of anilines is 9. The van der Waals surface area contributed by atoms with Crippen LogP contribution in [0.25, 0.3) is 127 Å². The van der Waals surface area contributed by atoms with Crippen molar-refractivity contribution in [1.82, 2.24) is 14.5 Å². The van der Waals surface area contributed by atoms with Crippen LogP contribution in [0.2, 0.25) is 0 Å². The normalized spacial score (nSPS) is 11.3. The first-order valence-corrected chi connectivity index (χ1v) is 48.7. The molecule has 1 aliphatic rings. The number of nitrogens with zero attached hydrogens (tertiary/aromatic N) is 6. The Kier molecular flexibility index (Phi) is 29.0. The van der Waals surface area contributed by atoms with Crippen LogP contribution >= 0.6 is 0 Å². The molecule has 1 aliphatic carbocycles. The van der Waals surface area contributed by atoms with Gasteiger partial charge in [0.05, 0.1) is 11.0 Å². The van der Waals surface area contributed by atoms with Gasteiger partial charge < -0.3 is 19.7 Å². The minimum Gasteiger partial charge on any atom is -0.311 e. The van der Waals surface area contributed by atoms with Gasteiger partial charge in [0.2, 0.25) is 0 Å². The predicted molar refractivity (Wildman–Crippen MR) is 581 cm³/mol. The molecule has 21 aromatic rings. The second-order valence-electron chi connectivity index (χ2n) is 35.7. The van der Waals surface area contributed by atoms with Crippen molar-refractivity contribution in [3.05, 3.63) is 507 Å². The number of aromatic nitrogens is 3. The Morgan fingerprint density at radius 3 is 1.18 bits per heavy atom. The maximum Gasteiger partial charge on any atom is 0.111 e. The molecule has 1 radical (unpaired) electrons. The van der Waals surface area contributed by atoms with E-state index in [1.807, 2.05) is 30.5 Å².